The molecule has 0 bridgehead atoms. The molecule has 1 aromatic rings. The second-order valence-electron chi connectivity index (χ2n) is 5.61. The number of hydrogen-bond donors (Lipinski definition) is 3. The second kappa shape index (κ2) is 8.26. The van der Waals surface area contributed by atoms with Crippen LogP contribution in [0.15, 0.2) is 12.1 Å². The van der Waals surface area contributed by atoms with Gasteiger partial charge in [-0.15, -0.1) is 0 Å². The third kappa shape index (κ3) is 5.36. The fraction of sp³-hybridized carbons (Fsp3) is 0.500. The Morgan fingerprint density at radius 1 is 1.17 bits per heavy atom. The molecule has 0 aliphatic heterocycles. The van der Waals surface area contributed by atoms with Crippen LogP contribution < -0.4 is 14.8 Å². The number of aliphatic carboxylic acids is 1. The zero-order chi connectivity index (χ0) is 17.6. The maximum atomic E-state index is 12.1. The van der Waals surface area contributed by atoms with Gasteiger partial charge in [-0.1, -0.05) is 13.8 Å². The smallest absolute Gasteiger partial charge is 0.326 e. The van der Waals surface area contributed by atoms with Crippen LogP contribution in [0.3, 0.4) is 0 Å². The second-order valence-corrected chi connectivity index (χ2v) is 5.61. The fourth-order valence-corrected chi connectivity index (χ4v) is 2.17. The SMILES string of the molecule is COc1cc(CC(=O)N[C@H](CC(C)C)C(=O)O)cc(OC)c1O. The Kier molecular flexibility index (Phi) is 6.68. The molecule has 0 saturated heterocycles. The molecular formula is C16H23NO6. The first-order valence-corrected chi connectivity index (χ1v) is 7.24. The number of carboxylic acids is 1. The summed E-state index contributed by atoms with van der Waals surface area (Å²) in [7, 11) is 2.78. The number of aromatic hydroxyl groups is 1. The number of hydrogen-bond acceptors (Lipinski definition) is 5. The quantitative estimate of drug-likeness (QED) is 0.670. The van der Waals surface area contributed by atoms with Gasteiger partial charge < -0.3 is 25.0 Å². The third-order valence-electron chi connectivity index (χ3n) is 3.24. The number of carboxylic acid groups (broad SMARTS) is 1. The average Bonchev–Trinajstić information content (AvgIpc) is 2.47. The van der Waals surface area contributed by atoms with Crippen molar-refractivity contribution in [2.75, 3.05) is 14.2 Å². The van der Waals surface area contributed by atoms with E-state index < -0.39 is 17.9 Å². The van der Waals surface area contributed by atoms with Crippen molar-refractivity contribution in [2.24, 2.45) is 5.92 Å². The van der Waals surface area contributed by atoms with E-state index in [1.807, 2.05) is 13.8 Å². The van der Waals surface area contributed by atoms with Gasteiger partial charge in [-0.25, -0.2) is 4.79 Å². The van der Waals surface area contributed by atoms with Crippen molar-refractivity contribution in [1.82, 2.24) is 5.32 Å². The molecule has 0 aliphatic carbocycles. The first kappa shape index (κ1) is 18.6. The Hall–Kier alpha value is -2.44. The molecule has 1 rings (SSSR count). The topological polar surface area (TPSA) is 105 Å². The van der Waals surface area contributed by atoms with Gasteiger partial charge in [-0.05, 0) is 30.0 Å². The van der Waals surface area contributed by atoms with Crippen molar-refractivity contribution >= 4 is 11.9 Å². The summed E-state index contributed by atoms with van der Waals surface area (Å²) in [5.41, 5.74) is 0.544. The van der Waals surface area contributed by atoms with Crippen LogP contribution in [0.1, 0.15) is 25.8 Å². The largest absolute Gasteiger partial charge is 0.502 e. The third-order valence-corrected chi connectivity index (χ3v) is 3.24. The zero-order valence-electron chi connectivity index (χ0n) is 13.8. The molecule has 0 saturated carbocycles. The summed E-state index contributed by atoms with van der Waals surface area (Å²) in [6, 6.07) is 2.09. The standard InChI is InChI=1S/C16H23NO6/c1-9(2)5-11(16(20)21)17-14(18)8-10-6-12(22-3)15(19)13(7-10)23-4/h6-7,9,11,19H,5,8H2,1-4H3,(H,17,18)(H,20,21)/t11-/m1/s1. The summed E-state index contributed by atoms with van der Waals surface area (Å²) in [4.78, 5) is 23.3. The lowest BCUT2D eigenvalue weighted by Crippen LogP contribution is -2.42. The van der Waals surface area contributed by atoms with Crippen molar-refractivity contribution < 1.29 is 29.3 Å². The maximum absolute atomic E-state index is 12.1. The molecule has 0 aliphatic rings. The molecule has 0 heterocycles. The number of amides is 1. The number of carbonyl (C=O) groups is 2. The monoisotopic (exact) mass is 325 g/mol. The van der Waals surface area contributed by atoms with Crippen molar-refractivity contribution in [3.8, 4) is 17.2 Å². The minimum atomic E-state index is -1.06. The summed E-state index contributed by atoms with van der Waals surface area (Å²) in [6.45, 7) is 3.77. The van der Waals surface area contributed by atoms with Crippen LogP contribution in [0.2, 0.25) is 0 Å². The highest BCUT2D eigenvalue weighted by Gasteiger charge is 2.21. The van der Waals surface area contributed by atoms with Gasteiger partial charge in [0, 0.05) is 0 Å². The summed E-state index contributed by atoms with van der Waals surface area (Å²) in [5.74, 6) is -1.12. The number of ether oxygens (including phenoxy) is 2. The molecule has 1 aromatic carbocycles. The summed E-state index contributed by atoms with van der Waals surface area (Å²) in [6.07, 6.45) is 0.304. The fourth-order valence-electron chi connectivity index (χ4n) is 2.17. The molecule has 128 valence electrons. The van der Waals surface area contributed by atoms with E-state index in [-0.39, 0.29) is 29.6 Å². The van der Waals surface area contributed by atoms with E-state index in [1.165, 1.54) is 26.4 Å². The lowest BCUT2D eigenvalue weighted by Gasteiger charge is -2.17. The highest BCUT2D eigenvalue weighted by Crippen LogP contribution is 2.37. The molecule has 3 N–H and O–H groups in total. The van der Waals surface area contributed by atoms with Crippen molar-refractivity contribution in [1.29, 1.82) is 0 Å². The highest BCUT2D eigenvalue weighted by atomic mass is 16.5. The van der Waals surface area contributed by atoms with Crippen molar-refractivity contribution in [2.45, 2.75) is 32.7 Å². The minimum Gasteiger partial charge on any atom is -0.502 e. The molecule has 7 heteroatoms. The molecular weight excluding hydrogens is 302 g/mol. The van der Waals surface area contributed by atoms with Gasteiger partial charge in [0.15, 0.2) is 11.5 Å². The first-order chi connectivity index (χ1) is 10.8. The van der Waals surface area contributed by atoms with E-state index in [0.29, 0.717) is 12.0 Å². The first-order valence-electron chi connectivity index (χ1n) is 7.24. The number of methoxy groups -OCH3 is 2. The van der Waals surface area contributed by atoms with E-state index in [0.717, 1.165) is 0 Å². The minimum absolute atomic E-state index is 0.0468. The van der Waals surface area contributed by atoms with Gasteiger partial charge in [0.1, 0.15) is 6.04 Å². The number of nitrogens with one attached hydrogen (secondary N) is 1. The maximum Gasteiger partial charge on any atom is 0.326 e. The summed E-state index contributed by atoms with van der Waals surface area (Å²) >= 11 is 0. The normalized spacial score (nSPS) is 11.9. The van der Waals surface area contributed by atoms with Crippen LogP contribution in [-0.2, 0) is 16.0 Å². The number of carbonyl (C=O) groups excluding carboxylic acids is 1. The van der Waals surface area contributed by atoms with Crippen LogP contribution in [0.4, 0.5) is 0 Å². The van der Waals surface area contributed by atoms with Gasteiger partial charge in [-0.2, -0.15) is 0 Å². The zero-order valence-corrected chi connectivity index (χ0v) is 13.8. The Balaban J connectivity index is 2.86. The van der Waals surface area contributed by atoms with Crippen LogP contribution >= 0.6 is 0 Å². The van der Waals surface area contributed by atoms with Gasteiger partial charge >= 0.3 is 5.97 Å². The van der Waals surface area contributed by atoms with Crippen molar-refractivity contribution in [3.63, 3.8) is 0 Å². The average molecular weight is 325 g/mol. The van der Waals surface area contributed by atoms with E-state index in [4.69, 9.17) is 14.6 Å². The summed E-state index contributed by atoms with van der Waals surface area (Å²) < 4.78 is 10.1. The predicted molar refractivity (Wildman–Crippen MR) is 83.9 cm³/mol. The number of phenolic OH excluding ortho intramolecular Hbond substituents is 1. The van der Waals surface area contributed by atoms with E-state index in [1.54, 1.807) is 0 Å². The van der Waals surface area contributed by atoms with Gasteiger partial charge in [-0.3, -0.25) is 4.79 Å². The Morgan fingerprint density at radius 2 is 1.70 bits per heavy atom. The molecule has 0 aromatic heterocycles. The van der Waals surface area contributed by atoms with Crippen LogP contribution in [-0.4, -0.2) is 42.4 Å². The lowest BCUT2D eigenvalue weighted by atomic mass is 10.0. The molecule has 7 nitrogen and oxygen atoms in total. The molecule has 1 amide bonds. The van der Waals surface area contributed by atoms with Gasteiger partial charge in [0.25, 0.3) is 0 Å². The van der Waals surface area contributed by atoms with E-state index in [9.17, 15) is 14.7 Å². The van der Waals surface area contributed by atoms with Gasteiger partial charge in [0.05, 0.1) is 20.6 Å². The number of phenols is 1. The molecule has 0 fully saturated rings. The summed E-state index contributed by atoms with van der Waals surface area (Å²) in [5, 5.41) is 21.5. The van der Waals surface area contributed by atoms with Crippen LogP contribution in [0.5, 0.6) is 17.2 Å². The number of benzene rings is 1. The van der Waals surface area contributed by atoms with Crippen molar-refractivity contribution in [3.05, 3.63) is 17.7 Å². The molecule has 1 atom stereocenters. The Bertz CT molecular complexity index is 545. The molecule has 23 heavy (non-hydrogen) atoms. The molecule has 0 spiro atoms. The molecule has 0 radical (unpaired) electrons. The van der Waals surface area contributed by atoms with E-state index in [2.05, 4.69) is 5.32 Å². The van der Waals surface area contributed by atoms with Crippen LogP contribution in [0.25, 0.3) is 0 Å². The highest BCUT2D eigenvalue weighted by molar-refractivity contribution is 5.85. The Labute approximate surface area is 135 Å². The number of rotatable bonds is 8. The molecule has 0 unspecified atom stereocenters. The predicted octanol–water partition coefficient (Wildman–Crippen LogP) is 1.57. The van der Waals surface area contributed by atoms with E-state index >= 15 is 0 Å². The van der Waals surface area contributed by atoms with Crippen LogP contribution in [0, 0.1) is 5.92 Å². The van der Waals surface area contributed by atoms with Gasteiger partial charge in [0.2, 0.25) is 11.7 Å². The lowest BCUT2D eigenvalue weighted by molar-refractivity contribution is -0.142. The Morgan fingerprint density at radius 3 is 2.09 bits per heavy atom.